The van der Waals surface area contributed by atoms with Crippen LogP contribution in [0.4, 0.5) is 0 Å². The van der Waals surface area contributed by atoms with E-state index in [2.05, 4.69) is 10.3 Å². The van der Waals surface area contributed by atoms with Gasteiger partial charge in [0.15, 0.2) is 0 Å². The number of pyridine rings is 1. The van der Waals surface area contributed by atoms with Crippen molar-refractivity contribution in [3.05, 3.63) is 23.9 Å². The molecule has 0 aromatic carbocycles. The Morgan fingerprint density at radius 3 is 3.06 bits per heavy atom. The summed E-state index contributed by atoms with van der Waals surface area (Å²) in [5.74, 6) is 0.0580. The van der Waals surface area contributed by atoms with E-state index in [1.165, 1.54) is 7.11 Å². The van der Waals surface area contributed by atoms with E-state index in [9.17, 15) is 4.79 Å². The van der Waals surface area contributed by atoms with E-state index in [4.69, 9.17) is 9.84 Å². The van der Waals surface area contributed by atoms with Crippen LogP contribution in [0.2, 0.25) is 0 Å². The van der Waals surface area contributed by atoms with Gasteiger partial charge in [0.25, 0.3) is 5.91 Å². The second-order valence-electron chi connectivity index (χ2n) is 3.45. The molecule has 0 saturated heterocycles. The molecule has 1 aromatic rings. The molecular formula is C11H16N2O3. The quantitative estimate of drug-likeness (QED) is 0.768. The van der Waals surface area contributed by atoms with Gasteiger partial charge in [-0.25, -0.2) is 4.98 Å². The van der Waals surface area contributed by atoms with Crippen molar-refractivity contribution in [1.29, 1.82) is 0 Å². The first-order valence-electron chi connectivity index (χ1n) is 5.10. The van der Waals surface area contributed by atoms with E-state index >= 15 is 0 Å². The molecule has 0 radical (unpaired) electrons. The van der Waals surface area contributed by atoms with Crippen molar-refractivity contribution in [3.8, 4) is 5.88 Å². The summed E-state index contributed by atoms with van der Waals surface area (Å²) in [6.07, 6.45) is 1.66. The molecule has 0 saturated carbocycles. The molecule has 1 rings (SSSR count). The number of carbonyl (C=O) groups is 1. The van der Waals surface area contributed by atoms with Gasteiger partial charge in [-0.05, 0) is 25.5 Å². The number of aliphatic hydroxyl groups is 1. The second-order valence-corrected chi connectivity index (χ2v) is 3.45. The molecule has 0 aliphatic carbocycles. The first kappa shape index (κ1) is 12.4. The van der Waals surface area contributed by atoms with E-state index in [1.54, 1.807) is 25.3 Å². The zero-order valence-corrected chi connectivity index (χ0v) is 9.43. The molecule has 1 heterocycles. The Morgan fingerprint density at radius 2 is 2.44 bits per heavy atom. The molecule has 2 N–H and O–H groups in total. The number of nitrogens with one attached hydrogen (secondary N) is 1. The molecule has 1 aromatic heterocycles. The van der Waals surface area contributed by atoms with Crippen molar-refractivity contribution in [3.63, 3.8) is 0 Å². The number of carbonyl (C=O) groups excluding carboxylic acids is 1. The minimum Gasteiger partial charge on any atom is -0.480 e. The van der Waals surface area contributed by atoms with Crippen LogP contribution in [0.25, 0.3) is 0 Å². The Bertz CT molecular complexity index is 353. The zero-order chi connectivity index (χ0) is 12.0. The van der Waals surface area contributed by atoms with Crippen LogP contribution in [-0.4, -0.2) is 35.8 Å². The van der Waals surface area contributed by atoms with Gasteiger partial charge in [0.2, 0.25) is 5.88 Å². The Morgan fingerprint density at radius 1 is 1.69 bits per heavy atom. The molecule has 1 atom stereocenters. The van der Waals surface area contributed by atoms with Crippen LogP contribution in [0, 0.1) is 0 Å². The fraction of sp³-hybridized carbons (Fsp3) is 0.455. The highest BCUT2D eigenvalue weighted by molar-refractivity contribution is 5.96. The van der Waals surface area contributed by atoms with Crippen LogP contribution < -0.4 is 10.1 Å². The Hall–Kier alpha value is -1.62. The molecule has 0 spiro atoms. The number of aliphatic hydroxyl groups excluding tert-OH is 1. The largest absolute Gasteiger partial charge is 0.480 e. The maximum atomic E-state index is 11.7. The Kier molecular flexibility index (Phi) is 4.72. The monoisotopic (exact) mass is 224 g/mol. The van der Waals surface area contributed by atoms with Crippen LogP contribution in [0.15, 0.2) is 18.3 Å². The van der Waals surface area contributed by atoms with Gasteiger partial charge >= 0.3 is 0 Å². The van der Waals surface area contributed by atoms with Crippen molar-refractivity contribution >= 4 is 5.91 Å². The van der Waals surface area contributed by atoms with Gasteiger partial charge in [0, 0.05) is 12.7 Å². The number of hydrogen-bond donors (Lipinski definition) is 2. The minimum absolute atomic E-state index is 0.245. The molecular weight excluding hydrogens is 208 g/mol. The van der Waals surface area contributed by atoms with Gasteiger partial charge in [-0.2, -0.15) is 0 Å². The van der Waals surface area contributed by atoms with Crippen LogP contribution in [0.3, 0.4) is 0 Å². The first-order chi connectivity index (χ1) is 7.65. The van der Waals surface area contributed by atoms with E-state index in [1.807, 2.05) is 0 Å². The highest BCUT2D eigenvalue weighted by Crippen LogP contribution is 2.12. The molecule has 1 unspecified atom stereocenters. The molecule has 88 valence electrons. The lowest BCUT2D eigenvalue weighted by Crippen LogP contribution is -2.27. The number of hydrogen-bond acceptors (Lipinski definition) is 4. The molecule has 5 heteroatoms. The summed E-state index contributed by atoms with van der Waals surface area (Å²) < 4.78 is 4.97. The Labute approximate surface area is 94.5 Å². The van der Waals surface area contributed by atoms with Crippen molar-refractivity contribution in [2.75, 3.05) is 13.7 Å². The van der Waals surface area contributed by atoms with Crippen molar-refractivity contribution in [1.82, 2.24) is 10.3 Å². The summed E-state index contributed by atoms with van der Waals surface area (Å²) >= 11 is 0. The molecule has 1 amide bonds. The van der Waals surface area contributed by atoms with Crippen molar-refractivity contribution < 1.29 is 14.6 Å². The normalized spacial score (nSPS) is 11.9. The maximum Gasteiger partial charge on any atom is 0.256 e. The second kappa shape index (κ2) is 6.07. The van der Waals surface area contributed by atoms with Gasteiger partial charge in [-0.1, -0.05) is 0 Å². The molecule has 5 nitrogen and oxygen atoms in total. The summed E-state index contributed by atoms with van der Waals surface area (Å²) in [4.78, 5) is 15.6. The zero-order valence-electron chi connectivity index (χ0n) is 9.43. The van der Waals surface area contributed by atoms with Gasteiger partial charge in [-0.15, -0.1) is 0 Å². The summed E-state index contributed by atoms with van der Waals surface area (Å²) in [5.41, 5.74) is 0.399. The predicted octanol–water partition coefficient (Wildman–Crippen LogP) is 0.591. The van der Waals surface area contributed by atoms with E-state index in [0.717, 1.165) is 0 Å². The topological polar surface area (TPSA) is 71.5 Å². The molecule has 16 heavy (non-hydrogen) atoms. The molecule has 0 fully saturated rings. The lowest BCUT2D eigenvalue weighted by molar-refractivity contribution is 0.0942. The third-order valence-corrected chi connectivity index (χ3v) is 2.06. The van der Waals surface area contributed by atoms with Crippen molar-refractivity contribution in [2.24, 2.45) is 0 Å². The lowest BCUT2D eigenvalue weighted by atomic mass is 10.2. The van der Waals surface area contributed by atoms with Gasteiger partial charge < -0.3 is 15.2 Å². The van der Waals surface area contributed by atoms with Crippen molar-refractivity contribution in [2.45, 2.75) is 19.4 Å². The van der Waals surface area contributed by atoms with Gasteiger partial charge in [0.1, 0.15) is 5.56 Å². The summed E-state index contributed by atoms with van der Waals surface area (Å²) in [6.45, 7) is 2.10. The average Bonchev–Trinajstić information content (AvgIpc) is 2.28. The fourth-order valence-electron chi connectivity index (χ4n) is 1.22. The summed E-state index contributed by atoms with van der Waals surface area (Å²) in [6, 6.07) is 3.32. The summed E-state index contributed by atoms with van der Waals surface area (Å²) in [5, 5.41) is 11.7. The molecule has 0 aliphatic heterocycles. The third kappa shape index (κ3) is 3.51. The summed E-state index contributed by atoms with van der Waals surface area (Å²) in [7, 11) is 1.47. The highest BCUT2D eigenvalue weighted by atomic mass is 16.5. The third-order valence-electron chi connectivity index (χ3n) is 2.06. The smallest absolute Gasteiger partial charge is 0.256 e. The fourth-order valence-corrected chi connectivity index (χ4v) is 1.22. The van der Waals surface area contributed by atoms with E-state index in [0.29, 0.717) is 24.4 Å². The van der Waals surface area contributed by atoms with Crippen LogP contribution in [-0.2, 0) is 0 Å². The maximum absolute atomic E-state index is 11.7. The lowest BCUT2D eigenvalue weighted by Gasteiger charge is -2.08. The number of amides is 1. The predicted molar refractivity (Wildman–Crippen MR) is 59.4 cm³/mol. The van der Waals surface area contributed by atoms with Gasteiger partial charge in [-0.3, -0.25) is 4.79 Å². The first-order valence-corrected chi connectivity index (χ1v) is 5.10. The molecule has 0 bridgehead atoms. The Balaban J connectivity index is 2.59. The highest BCUT2D eigenvalue weighted by Gasteiger charge is 2.11. The number of rotatable bonds is 5. The van der Waals surface area contributed by atoms with Crippen LogP contribution in [0.1, 0.15) is 23.7 Å². The average molecular weight is 224 g/mol. The minimum atomic E-state index is -0.420. The number of ether oxygens (including phenoxy) is 1. The standard InChI is InChI=1S/C11H16N2O3/c1-8(14)5-7-12-10(15)9-4-3-6-13-11(9)16-2/h3-4,6,8,14H,5,7H2,1-2H3,(H,12,15). The van der Waals surface area contributed by atoms with Gasteiger partial charge in [0.05, 0.1) is 13.2 Å². The SMILES string of the molecule is COc1ncccc1C(=O)NCCC(C)O. The number of methoxy groups -OCH3 is 1. The van der Waals surface area contributed by atoms with Crippen LogP contribution >= 0.6 is 0 Å². The number of nitrogens with zero attached hydrogens (tertiary/aromatic N) is 1. The number of aromatic nitrogens is 1. The van der Waals surface area contributed by atoms with Crippen LogP contribution in [0.5, 0.6) is 5.88 Å². The molecule has 0 aliphatic rings. The van der Waals surface area contributed by atoms with E-state index < -0.39 is 6.10 Å². The van der Waals surface area contributed by atoms with E-state index in [-0.39, 0.29) is 5.91 Å².